The minimum Gasteiger partial charge on any atom is -0.497 e. The number of hydrogen-bond donors (Lipinski definition) is 15. The number of aliphatic carboxylic acids is 5. The number of methoxy groups -OCH3 is 2. The number of carbonyl (C=O) groups is 10. The van der Waals surface area contributed by atoms with Crippen molar-refractivity contribution in [2.24, 2.45) is 0 Å². The largest absolute Gasteiger partial charge is 0.497 e. The van der Waals surface area contributed by atoms with Gasteiger partial charge in [-0.2, -0.15) is 0 Å². The van der Waals surface area contributed by atoms with E-state index in [1.807, 2.05) is 0 Å². The van der Waals surface area contributed by atoms with E-state index >= 15 is 0 Å². The lowest BCUT2D eigenvalue weighted by Crippen LogP contribution is -2.46. The Hall–Kier alpha value is -13.5. The van der Waals surface area contributed by atoms with Crippen LogP contribution in [0.1, 0.15) is 115 Å². The van der Waals surface area contributed by atoms with E-state index in [9.17, 15) is 57.4 Å². The summed E-state index contributed by atoms with van der Waals surface area (Å²) < 4.78 is 80.5. The van der Waals surface area contributed by atoms with Crippen molar-refractivity contribution in [3.8, 4) is 51.7 Å². The summed E-state index contributed by atoms with van der Waals surface area (Å²) in [4.78, 5) is 114. The molecule has 0 saturated carbocycles. The molecule has 5 atom stereocenters. The molecule has 5 amide bonds. The van der Waals surface area contributed by atoms with Gasteiger partial charge in [-0.1, -0.05) is 18.2 Å². The molecule has 0 bridgehead atoms. The first-order chi connectivity index (χ1) is 54.0. The third-order valence-electron chi connectivity index (χ3n) is 13.4. The molecule has 40 nitrogen and oxygen atoms in total. The molecule has 6 aromatic rings. The van der Waals surface area contributed by atoms with E-state index in [0.717, 1.165) is 11.6 Å². The van der Waals surface area contributed by atoms with Gasteiger partial charge in [0.2, 0.25) is 11.8 Å². The van der Waals surface area contributed by atoms with Crippen LogP contribution in [0.5, 0.6) is 40.2 Å². The number of carboxylic acids is 5. The van der Waals surface area contributed by atoms with Crippen molar-refractivity contribution < 1.29 is 139 Å². The van der Waals surface area contributed by atoms with Gasteiger partial charge >= 0.3 is 60.3 Å². The van der Waals surface area contributed by atoms with Gasteiger partial charge in [-0.05, 0) is 177 Å². The van der Waals surface area contributed by atoms with Crippen LogP contribution in [0.3, 0.4) is 0 Å². The number of carboxylic acid groups (broad SMARTS) is 5. The number of alkyl carbamates (subject to hydrolysis) is 5. The van der Waals surface area contributed by atoms with Crippen LogP contribution < -0.4 is 88.4 Å². The van der Waals surface area contributed by atoms with Gasteiger partial charge in [0.1, 0.15) is 113 Å². The molecule has 0 spiro atoms. The van der Waals surface area contributed by atoms with E-state index in [1.54, 1.807) is 184 Å². The lowest BCUT2D eigenvalue weighted by Gasteiger charge is -2.22. The van der Waals surface area contributed by atoms with Crippen LogP contribution in [0.2, 0.25) is 0 Å². The molecule has 0 aliphatic carbocycles. The average Bonchev–Trinajstić information content (AvgIpc) is 1.81. The minimum atomic E-state index is -1.36. The summed E-state index contributed by atoms with van der Waals surface area (Å²) in [6.07, 6.45) is -4.24. The van der Waals surface area contributed by atoms with Crippen molar-refractivity contribution >= 4 is 88.7 Å². The number of nitrogens with zero attached hydrogens (tertiary/aromatic N) is 2. The molecule has 20 N–H and O–H groups in total. The van der Waals surface area contributed by atoms with Gasteiger partial charge in [-0.3, -0.25) is 0 Å². The van der Waals surface area contributed by atoms with Crippen molar-refractivity contribution in [2.45, 2.75) is 176 Å². The van der Waals surface area contributed by atoms with E-state index in [0.29, 0.717) is 57.4 Å². The van der Waals surface area contributed by atoms with Crippen LogP contribution in [0, 0.1) is 19.7 Å². The zero-order chi connectivity index (χ0) is 89.3. The summed E-state index contributed by atoms with van der Waals surface area (Å²) in [7, 11) is 2.99. The number of anilines is 5. The molecule has 1 heterocycles. The first-order valence-electron chi connectivity index (χ1n) is 35.2. The summed E-state index contributed by atoms with van der Waals surface area (Å²) in [6, 6.07) is 16.9. The predicted molar refractivity (Wildman–Crippen MR) is 422 cm³/mol. The second-order valence-corrected chi connectivity index (χ2v) is 29.6. The van der Waals surface area contributed by atoms with Gasteiger partial charge in [0.15, 0.2) is 30.2 Å². The topological polar surface area (TPSA) is 612 Å². The number of aryl methyl sites for hydroxylation is 2. The quantitative estimate of drug-likeness (QED) is 0.0161. The molecule has 0 aliphatic rings. The van der Waals surface area contributed by atoms with Gasteiger partial charge in [-0.15, -0.1) is 10.2 Å². The van der Waals surface area contributed by atoms with Crippen LogP contribution in [0.25, 0.3) is 11.5 Å². The molecular formula is C76H107FN12O28. The Balaban J connectivity index is 0.000000497. The van der Waals surface area contributed by atoms with Crippen LogP contribution in [-0.2, 0) is 47.7 Å². The van der Waals surface area contributed by atoms with E-state index < -0.39 is 131 Å². The first-order valence-corrected chi connectivity index (χ1v) is 35.2. The summed E-state index contributed by atoms with van der Waals surface area (Å²) in [6.45, 7) is 26.9. The number of halogens is 1. The third kappa shape index (κ3) is 40.2. The van der Waals surface area contributed by atoms with Gasteiger partial charge in [0.05, 0.1) is 37.0 Å². The molecule has 41 heteroatoms. The number of hydrogen-bond acceptors (Lipinski definition) is 30. The van der Waals surface area contributed by atoms with Crippen molar-refractivity contribution in [3.63, 3.8) is 0 Å². The number of nitrogens with one attached hydrogen (secondary N) is 5. The Morgan fingerprint density at radius 3 is 1.06 bits per heavy atom. The van der Waals surface area contributed by atoms with Crippen molar-refractivity contribution in [3.05, 3.63) is 108 Å². The number of nitrogens with two attached hydrogens (primary N) is 5. The predicted octanol–water partition coefficient (Wildman–Crippen LogP) is 8.95. The Bertz CT molecular complexity index is 4300. The Labute approximate surface area is 674 Å². The number of ether oxygens (including phenoxy) is 12. The van der Waals surface area contributed by atoms with Crippen molar-refractivity contribution in [1.82, 2.24) is 36.8 Å². The average molecular weight is 1660 g/mol. The van der Waals surface area contributed by atoms with Crippen LogP contribution >= 0.6 is 0 Å². The molecule has 0 fully saturated rings. The molecule has 646 valence electrons. The maximum Gasteiger partial charge on any atom is 0.408 e. The molecule has 1 aromatic heterocycles. The highest BCUT2D eigenvalue weighted by atomic mass is 19.1. The number of benzene rings is 5. The maximum absolute atomic E-state index is 13.2. The van der Waals surface area contributed by atoms with E-state index in [4.69, 9.17) is 110 Å². The van der Waals surface area contributed by atoms with Gasteiger partial charge in [-0.25, -0.2) is 52.3 Å². The fourth-order valence-electron chi connectivity index (χ4n) is 8.27. The number of amides is 5. The number of aromatic nitrogens is 2. The zero-order valence-electron chi connectivity index (χ0n) is 68.4. The van der Waals surface area contributed by atoms with Crippen molar-refractivity contribution in [1.29, 1.82) is 0 Å². The molecule has 117 heavy (non-hydrogen) atoms. The minimum absolute atomic E-state index is 0.00256. The van der Waals surface area contributed by atoms with E-state index in [1.165, 1.54) is 32.4 Å². The highest BCUT2D eigenvalue weighted by Crippen LogP contribution is 2.31. The lowest BCUT2D eigenvalue weighted by atomic mass is 10.2. The van der Waals surface area contributed by atoms with E-state index in [-0.39, 0.29) is 55.1 Å². The smallest absolute Gasteiger partial charge is 0.408 e. The summed E-state index contributed by atoms with van der Waals surface area (Å²) in [5.41, 5.74) is 27.5. The number of para-hydroxylation sites is 2. The Morgan fingerprint density at radius 2 is 0.726 bits per heavy atom. The number of nitrogen functional groups attached to an aromatic ring is 5. The molecule has 0 aliphatic heterocycles. The van der Waals surface area contributed by atoms with Crippen molar-refractivity contribution in [2.75, 3.05) is 75.9 Å². The molecule has 6 rings (SSSR count). The number of rotatable bonds is 28. The maximum atomic E-state index is 13.2. The monoisotopic (exact) mass is 1650 g/mol. The molecule has 5 aromatic carbocycles. The zero-order valence-corrected chi connectivity index (χ0v) is 68.4. The number of carbonyl (C=O) groups excluding carboxylic acids is 5. The lowest BCUT2D eigenvalue weighted by molar-refractivity contribution is -0.141. The summed E-state index contributed by atoms with van der Waals surface area (Å²) in [5.74, 6) is -3.98. The molecule has 0 unspecified atom stereocenters. The third-order valence-corrected chi connectivity index (χ3v) is 13.4. The second kappa shape index (κ2) is 45.4. The Kier molecular flexibility index (Phi) is 38.6. The molecule has 0 saturated heterocycles. The molecule has 0 radical (unpaired) electrons. The SMILES string of the molecule is CC(C)(C)OC(=O)N[C@@H](COc1cccc(F)c1N)C(=O)O.COc1ccc(N)c(OC[C@H](NC(=O)OC(C)(C)C)C(=O)O)c1.COc1ccc(OC[C@H](NC(=O)OC(C)(C)C)C(=O)O)c(N)c1.Cc1cccc(N)c1OC[C@H](NC(=O)OC(C)(C)C)C(=O)O.Cc1nnc(-c2ccc(OC[C@H](NC(=O)OC(C)(C)C)C(=O)O)c(N)c2)o1. The first kappa shape index (κ1) is 99.5. The van der Waals surface area contributed by atoms with Crippen LogP contribution in [0.4, 0.5) is 56.8 Å². The van der Waals surface area contributed by atoms with E-state index in [2.05, 4.69) is 36.8 Å². The summed E-state index contributed by atoms with van der Waals surface area (Å²) >= 11 is 0. The highest BCUT2D eigenvalue weighted by molar-refractivity contribution is 5.83. The Morgan fingerprint density at radius 1 is 0.393 bits per heavy atom. The van der Waals surface area contributed by atoms with Gasteiger partial charge in [0.25, 0.3) is 0 Å². The fraction of sp³-hybridized carbons (Fsp3) is 0.447. The molecular weight excluding hydrogens is 1550 g/mol. The normalized spacial score (nSPS) is 12.3. The van der Waals surface area contributed by atoms with Gasteiger partial charge < -0.3 is 142 Å². The fourth-order valence-corrected chi connectivity index (χ4v) is 8.27. The summed E-state index contributed by atoms with van der Waals surface area (Å²) in [5, 5.41) is 64.5. The van der Waals surface area contributed by atoms with Crippen LogP contribution in [0.15, 0.2) is 95.4 Å². The standard InChI is InChI=1S/C17H22N4O6.2C15H22N2O6.C15H22N2O5.C14H19FN2O5/c1-9-20-21-14(26-9)10-5-6-13(11(18)7-10)25-8-12(15(22)23)19-16(24)27-17(2,3)4;1-15(2,3)23-14(20)17-11(13(18)19)8-22-12-6-5-9(21-4)7-10(12)16;1-15(2,3)23-14(20)17-11(13(18)19)8-22-12-7-9(21-4)5-6-10(12)16;1-9-6-5-7-10(16)12(9)21-8-11(13(18)19)17-14(20)22-15(2,3)4;1-14(2,3)22-13(20)17-9(12(18)19)7-21-10-6-4-5-8(15)11(10)16/h5-7,12H,8,18H2,1-4H3,(H,19,24)(H,22,23);2*5-7,11H,8,16H2,1-4H3,(H,17,20)(H,18,19);5-7,11H,8,16H2,1-4H3,(H,17,20)(H,18,19);4-6,9H,7,16H2,1-3H3,(H,17,20)(H,18,19)/t12-;3*11-;9-/m00000/s1. The highest BCUT2D eigenvalue weighted by Gasteiger charge is 2.31. The second-order valence-electron chi connectivity index (χ2n) is 29.6. The van der Waals surface area contributed by atoms with Crippen LogP contribution in [-0.4, -0.2) is 202 Å². The van der Waals surface area contributed by atoms with Gasteiger partial charge in [0, 0.05) is 24.6 Å².